The second kappa shape index (κ2) is 11.2. The highest BCUT2D eigenvalue weighted by atomic mass is 16.5. The topological polar surface area (TPSA) is 93.5 Å². The van der Waals surface area contributed by atoms with E-state index in [0.29, 0.717) is 43.0 Å². The molecule has 5 rings (SSSR count). The first-order chi connectivity index (χ1) is 18.8. The average molecular weight is 531 g/mol. The molecule has 8 heteroatoms. The van der Waals surface area contributed by atoms with E-state index in [1.165, 1.54) is 0 Å². The van der Waals surface area contributed by atoms with Crippen LogP contribution in [0.25, 0.3) is 11.0 Å². The number of hydrogen-bond donors (Lipinski definition) is 1. The lowest BCUT2D eigenvalue weighted by molar-refractivity contribution is -0.128. The van der Waals surface area contributed by atoms with Gasteiger partial charge in [-0.2, -0.15) is 0 Å². The number of ether oxygens (including phenoxy) is 1. The monoisotopic (exact) mass is 530 g/mol. The number of benzene rings is 2. The zero-order valence-electron chi connectivity index (χ0n) is 23.2. The largest absolute Gasteiger partial charge is 0.481 e. The number of carbonyl (C=O) groups is 2. The van der Waals surface area contributed by atoms with E-state index >= 15 is 0 Å². The molecule has 1 N–H and O–H groups in total. The Bertz CT molecular complexity index is 1440. The number of likely N-dealkylation sites (tertiary alicyclic amines) is 1. The smallest absolute Gasteiger partial charge is 0.272 e. The van der Waals surface area contributed by atoms with E-state index in [1.54, 1.807) is 30.5 Å². The second-order valence-corrected chi connectivity index (χ2v) is 11.0. The number of aromatic nitrogens is 2. The molecule has 1 aromatic heterocycles. The van der Waals surface area contributed by atoms with E-state index in [9.17, 15) is 14.4 Å². The molecule has 3 heterocycles. The lowest BCUT2D eigenvalue weighted by Crippen LogP contribution is -2.49. The van der Waals surface area contributed by atoms with E-state index in [2.05, 4.69) is 16.4 Å². The summed E-state index contributed by atoms with van der Waals surface area (Å²) in [5.74, 6) is 0.670. The number of nitrogens with zero attached hydrogens (tertiary/aromatic N) is 3. The van der Waals surface area contributed by atoms with Gasteiger partial charge in [-0.3, -0.25) is 14.4 Å². The highest BCUT2D eigenvalue weighted by Gasteiger charge is 2.37. The minimum absolute atomic E-state index is 0.0173. The molecule has 1 saturated heterocycles. The molecular formula is C31H38N4O4. The van der Waals surface area contributed by atoms with Gasteiger partial charge in [0.15, 0.2) is 6.10 Å². The highest BCUT2D eigenvalue weighted by Crippen LogP contribution is 2.37. The molecule has 0 radical (unpaired) electrons. The first kappa shape index (κ1) is 26.9. The minimum atomic E-state index is -0.571. The second-order valence-electron chi connectivity index (χ2n) is 11.0. The average Bonchev–Trinajstić information content (AvgIpc) is 2.95. The van der Waals surface area contributed by atoms with Crippen molar-refractivity contribution in [1.29, 1.82) is 0 Å². The normalized spacial score (nSPS) is 19.9. The minimum Gasteiger partial charge on any atom is -0.481 e. The standard InChI is InChI=1S/C31H38N4O4/c1-4-35-26-13-12-24(19-25(26)33-21(2)29(35)37)30(38)34-17-15-31(16-18-34)14-8-7-10-23-9-5-6-11-27(23)39-22(3)28(36)32-20-31/h5-6,9,11-13,19,22H,4,7-8,10,14-18,20H2,1-3H3,(H,32,36)/t22-/m1/s1. The van der Waals surface area contributed by atoms with Crippen LogP contribution in [0.2, 0.25) is 0 Å². The molecule has 1 atom stereocenters. The van der Waals surface area contributed by atoms with Crippen molar-refractivity contribution in [2.24, 2.45) is 5.41 Å². The molecule has 2 aliphatic rings. The number of nitrogens with one attached hydrogen (secondary N) is 1. The summed E-state index contributed by atoms with van der Waals surface area (Å²) in [5, 5.41) is 3.15. The fourth-order valence-electron chi connectivity index (χ4n) is 6.01. The lowest BCUT2D eigenvalue weighted by Gasteiger charge is -2.42. The van der Waals surface area contributed by atoms with Crippen molar-refractivity contribution in [1.82, 2.24) is 19.8 Å². The molecule has 1 spiro atoms. The van der Waals surface area contributed by atoms with Crippen molar-refractivity contribution >= 4 is 22.8 Å². The van der Waals surface area contributed by atoms with Crippen molar-refractivity contribution < 1.29 is 14.3 Å². The number of amides is 2. The van der Waals surface area contributed by atoms with Crippen molar-refractivity contribution in [3.8, 4) is 5.75 Å². The predicted octanol–water partition coefficient (Wildman–Crippen LogP) is 4.26. The summed E-state index contributed by atoms with van der Waals surface area (Å²) >= 11 is 0. The van der Waals surface area contributed by atoms with Crippen molar-refractivity contribution in [2.45, 2.75) is 71.9 Å². The van der Waals surface area contributed by atoms with Gasteiger partial charge in [-0.05, 0) is 88.1 Å². The molecule has 1 fully saturated rings. The van der Waals surface area contributed by atoms with E-state index in [-0.39, 0.29) is 22.8 Å². The van der Waals surface area contributed by atoms with Crippen molar-refractivity contribution in [2.75, 3.05) is 19.6 Å². The van der Waals surface area contributed by atoms with Gasteiger partial charge in [-0.25, -0.2) is 4.98 Å². The van der Waals surface area contributed by atoms with E-state index in [4.69, 9.17) is 4.74 Å². The van der Waals surface area contributed by atoms with Crippen LogP contribution in [0.3, 0.4) is 0 Å². The van der Waals surface area contributed by atoms with E-state index in [0.717, 1.165) is 55.4 Å². The van der Waals surface area contributed by atoms with Crippen LogP contribution in [0.15, 0.2) is 47.3 Å². The number of para-hydroxylation sites is 1. The number of carbonyl (C=O) groups excluding carboxylic acids is 2. The maximum absolute atomic E-state index is 13.5. The van der Waals surface area contributed by atoms with Gasteiger partial charge in [-0.1, -0.05) is 24.6 Å². The fraction of sp³-hybridized carbons (Fsp3) is 0.484. The summed E-state index contributed by atoms with van der Waals surface area (Å²) in [7, 11) is 0. The quantitative estimate of drug-likeness (QED) is 0.535. The fourth-order valence-corrected chi connectivity index (χ4v) is 6.01. The van der Waals surface area contributed by atoms with Crippen LogP contribution >= 0.6 is 0 Å². The van der Waals surface area contributed by atoms with Gasteiger partial charge in [0.25, 0.3) is 17.4 Å². The van der Waals surface area contributed by atoms with Gasteiger partial charge < -0.3 is 19.5 Å². The SMILES string of the molecule is CCn1c(=O)c(C)nc2cc(C(=O)N3CCC4(CCCCc5ccccc5O[C@H](C)C(=O)NC4)CC3)ccc21. The molecule has 2 aliphatic heterocycles. The third-order valence-electron chi connectivity index (χ3n) is 8.47. The van der Waals surface area contributed by atoms with Crippen LogP contribution < -0.4 is 15.6 Å². The number of piperidine rings is 1. The zero-order valence-corrected chi connectivity index (χ0v) is 23.2. The van der Waals surface area contributed by atoms with Crippen LogP contribution in [0, 0.1) is 12.3 Å². The maximum Gasteiger partial charge on any atom is 0.272 e. The highest BCUT2D eigenvalue weighted by molar-refractivity contribution is 5.97. The summed E-state index contributed by atoms with van der Waals surface area (Å²) in [5.41, 5.74) is 3.43. The van der Waals surface area contributed by atoms with E-state index < -0.39 is 6.10 Å². The molecule has 0 aliphatic carbocycles. The predicted molar refractivity (Wildman–Crippen MR) is 151 cm³/mol. The number of hydrogen-bond acceptors (Lipinski definition) is 5. The van der Waals surface area contributed by atoms with Gasteiger partial charge in [0.1, 0.15) is 11.4 Å². The Balaban J connectivity index is 1.29. The molecular weight excluding hydrogens is 492 g/mol. The van der Waals surface area contributed by atoms with Crippen LogP contribution in [0.5, 0.6) is 5.75 Å². The molecule has 0 saturated carbocycles. The molecule has 39 heavy (non-hydrogen) atoms. The van der Waals surface area contributed by atoms with Crippen LogP contribution in [0.4, 0.5) is 0 Å². The maximum atomic E-state index is 13.5. The number of aryl methyl sites for hydroxylation is 3. The lowest BCUT2D eigenvalue weighted by atomic mass is 9.74. The van der Waals surface area contributed by atoms with Crippen molar-refractivity contribution in [3.05, 3.63) is 69.6 Å². The van der Waals surface area contributed by atoms with Gasteiger partial charge in [0.05, 0.1) is 11.0 Å². The number of fused-ring (bicyclic) bond motifs is 2. The van der Waals surface area contributed by atoms with Crippen molar-refractivity contribution in [3.63, 3.8) is 0 Å². The van der Waals surface area contributed by atoms with Gasteiger partial charge in [0, 0.05) is 31.7 Å². The van der Waals surface area contributed by atoms with Gasteiger partial charge >= 0.3 is 0 Å². The summed E-state index contributed by atoms with van der Waals surface area (Å²) in [6.07, 6.45) is 5.16. The Kier molecular flexibility index (Phi) is 7.73. The Morgan fingerprint density at radius 2 is 1.87 bits per heavy atom. The Hall–Kier alpha value is -3.68. The molecule has 0 bridgehead atoms. The Morgan fingerprint density at radius 1 is 1.10 bits per heavy atom. The van der Waals surface area contributed by atoms with Crippen LogP contribution in [0.1, 0.15) is 67.6 Å². The first-order valence-electron chi connectivity index (χ1n) is 14.1. The third-order valence-corrected chi connectivity index (χ3v) is 8.47. The summed E-state index contributed by atoms with van der Waals surface area (Å²) in [6.45, 7) is 7.86. The summed E-state index contributed by atoms with van der Waals surface area (Å²) < 4.78 is 7.72. The first-order valence-corrected chi connectivity index (χ1v) is 14.1. The zero-order chi connectivity index (χ0) is 27.6. The van der Waals surface area contributed by atoms with Crippen LogP contribution in [-0.2, 0) is 17.8 Å². The third kappa shape index (κ3) is 5.56. The molecule has 2 amide bonds. The summed E-state index contributed by atoms with van der Waals surface area (Å²) in [4.78, 5) is 45.2. The molecule has 0 unspecified atom stereocenters. The Morgan fingerprint density at radius 3 is 2.64 bits per heavy atom. The molecule has 2 aromatic carbocycles. The van der Waals surface area contributed by atoms with Crippen LogP contribution in [-0.4, -0.2) is 52.0 Å². The summed E-state index contributed by atoms with van der Waals surface area (Å²) in [6, 6.07) is 13.4. The van der Waals surface area contributed by atoms with Gasteiger partial charge in [-0.15, -0.1) is 0 Å². The molecule has 3 aromatic rings. The molecule has 8 nitrogen and oxygen atoms in total. The number of rotatable bonds is 2. The molecule has 206 valence electrons. The Labute approximate surface area is 229 Å². The van der Waals surface area contributed by atoms with Gasteiger partial charge in [0.2, 0.25) is 0 Å². The van der Waals surface area contributed by atoms with E-state index in [1.807, 2.05) is 36.1 Å².